The van der Waals surface area contributed by atoms with Gasteiger partial charge in [0.25, 0.3) is 0 Å². The zero-order valence-corrected chi connectivity index (χ0v) is 13.8. The van der Waals surface area contributed by atoms with Gasteiger partial charge >= 0.3 is 5.97 Å². The lowest BCUT2D eigenvalue weighted by molar-refractivity contribution is 0.0520. The Balaban J connectivity index is 2.05. The zero-order valence-electron chi connectivity index (χ0n) is 13.8. The van der Waals surface area contributed by atoms with E-state index in [1.54, 1.807) is 11.6 Å². The predicted molar refractivity (Wildman–Crippen MR) is 91.7 cm³/mol. The average Bonchev–Trinajstić information content (AvgIpc) is 3.00. The Hall–Kier alpha value is -2.95. The molecule has 5 heteroatoms. The fraction of sp³-hybridized carbons (Fsp3) is 0.211. The smallest absolute Gasteiger partial charge is 0.361 e. The Kier molecular flexibility index (Phi) is 4.70. The molecule has 1 heterocycles. The molecule has 0 unspecified atom stereocenters. The van der Waals surface area contributed by atoms with E-state index in [1.807, 2.05) is 61.5 Å². The second-order valence-corrected chi connectivity index (χ2v) is 5.52. The number of hydrogen-bond acceptors (Lipinski definition) is 4. The maximum Gasteiger partial charge on any atom is 0.361 e. The van der Waals surface area contributed by atoms with Crippen molar-refractivity contribution < 1.29 is 9.53 Å². The highest BCUT2D eigenvalue weighted by Crippen LogP contribution is 2.24. The maximum atomic E-state index is 12.2. The van der Waals surface area contributed by atoms with Crippen molar-refractivity contribution in [1.29, 1.82) is 0 Å². The van der Waals surface area contributed by atoms with Crippen molar-refractivity contribution in [3.05, 3.63) is 71.4 Å². The van der Waals surface area contributed by atoms with Gasteiger partial charge in [-0.25, -0.2) is 9.48 Å². The van der Waals surface area contributed by atoms with Crippen LogP contribution in [0.4, 0.5) is 0 Å². The number of rotatable bonds is 5. The lowest BCUT2D eigenvalue weighted by Gasteiger charge is -2.09. The third-order valence-electron chi connectivity index (χ3n) is 3.70. The molecule has 0 aliphatic heterocycles. The van der Waals surface area contributed by atoms with Crippen LogP contribution in [0.25, 0.3) is 11.3 Å². The molecule has 0 aliphatic rings. The summed E-state index contributed by atoms with van der Waals surface area (Å²) in [6.07, 6.45) is 0. The van der Waals surface area contributed by atoms with Crippen molar-refractivity contribution in [2.24, 2.45) is 0 Å². The lowest BCUT2D eigenvalue weighted by Crippen LogP contribution is -2.09. The highest BCUT2D eigenvalue weighted by Gasteiger charge is 2.22. The Bertz CT molecular complexity index is 824. The Morgan fingerprint density at radius 1 is 1.08 bits per heavy atom. The first-order valence-corrected chi connectivity index (χ1v) is 7.90. The zero-order chi connectivity index (χ0) is 16.9. The van der Waals surface area contributed by atoms with Crippen LogP contribution in [0.15, 0.2) is 54.6 Å². The molecule has 3 aromatic rings. The van der Waals surface area contributed by atoms with Gasteiger partial charge in [-0.05, 0) is 19.4 Å². The first-order chi connectivity index (χ1) is 11.7. The first-order valence-electron chi connectivity index (χ1n) is 7.90. The van der Waals surface area contributed by atoms with Gasteiger partial charge in [-0.15, -0.1) is 5.10 Å². The fourth-order valence-electron chi connectivity index (χ4n) is 2.51. The summed E-state index contributed by atoms with van der Waals surface area (Å²) in [6.45, 7) is 4.64. The van der Waals surface area contributed by atoms with E-state index in [4.69, 9.17) is 4.74 Å². The van der Waals surface area contributed by atoms with Gasteiger partial charge in [-0.3, -0.25) is 0 Å². The number of nitrogens with zero attached hydrogens (tertiary/aromatic N) is 3. The van der Waals surface area contributed by atoms with E-state index in [0.717, 1.165) is 16.7 Å². The molecule has 0 radical (unpaired) electrons. The molecule has 5 nitrogen and oxygen atoms in total. The summed E-state index contributed by atoms with van der Waals surface area (Å²) in [5.74, 6) is -0.451. The van der Waals surface area contributed by atoms with Crippen molar-refractivity contribution >= 4 is 5.97 Å². The lowest BCUT2D eigenvalue weighted by atomic mass is 10.1. The Morgan fingerprint density at radius 3 is 2.46 bits per heavy atom. The van der Waals surface area contributed by atoms with Gasteiger partial charge in [0, 0.05) is 5.56 Å². The second kappa shape index (κ2) is 7.08. The molecular formula is C19H19N3O2. The molecule has 1 aromatic heterocycles. The van der Waals surface area contributed by atoms with Gasteiger partial charge in [0.1, 0.15) is 5.69 Å². The first kappa shape index (κ1) is 15.9. The van der Waals surface area contributed by atoms with E-state index in [1.165, 1.54) is 0 Å². The Morgan fingerprint density at radius 2 is 1.79 bits per heavy atom. The minimum atomic E-state index is -0.451. The molecule has 0 atom stereocenters. The largest absolute Gasteiger partial charge is 0.461 e. The normalized spacial score (nSPS) is 10.6. The van der Waals surface area contributed by atoms with Crippen LogP contribution < -0.4 is 0 Å². The number of esters is 1. The number of ether oxygens (including phenoxy) is 1. The predicted octanol–water partition coefficient (Wildman–Crippen LogP) is 3.48. The van der Waals surface area contributed by atoms with E-state index in [0.29, 0.717) is 18.8 Å². The molecular weight excluding hydrogens is 302 g/mol. The summed E-state index contributed by atoms with van der Waals surface area (Å²) in [5, 5.41) is 8.25. The molecule has 24 heavy (non-hydrogen) atoms. The minimum Gasteiger partial charge on any atom is -0.461 e. The molecule has 0 saturated carbocycles. The van der Waals surface area contributed by atoms with E-state index >= 15 is 0 Å². The summed E-state index contributed by atoms with van der Waals surface area (Å²) in [7, 11) is 0. The third-order valence-corrected chi connectivity index (χ3v) is 3.70. The second-order valence-electron chi connectivity index (χ2n) is 5.52. The third kappa shape index (κ3) is 3.35. The van der Waals surface area contributed by atoms with Crippen molar-refractivity contribution in [3.63, 3.8) is 0 Å². The van der Waals surface area contributed by atoms with Crippen LogP contribution in [0.5, 0.6) is 0 Å². The minimum absolute atomic E-state index is 0.247. The molecule has 0 saturated heterocycles. The van der Waals surface area contributed by atoms with Crippen molar-refractivity contribution in [2.75, 3.05) is 6.61 Å². The number of hydrogen-bond donors (Lipinski definition) is 0. The van der Waals surface area contributed by atoms with E-state index in [-0.39, 0.29) is 5.69 Å². The average molecular weight is 321 g/mol. The summed E-state index contributed by atoms with van der Waals surface area (Å²) < 4.78 is 6.86. The molecule has 122 valence electrons. The number of aryl methyl sites for hydroxylation is 1. The van der Waals surface area contributed by atoms with Crippen LogP contribution in [0.2, 0.25) is 0 Å². The van der Waals surface area contributed by atoms with Crippen molar-refractivity contribution in [3.8, 4) is 11.3 Å². The monoisotopic (exact) mass is 321 g/mol. The van der Waals surface area contributed by atoms with Crippen LogP contribution in [-0.2, 0) is 11.3 Å². The van der Waals surface area contributed by atoms with Crippen LogP contribution in [0.3, 0.4) is 0 Å². The van der Waals surface area contributed by atoms with Gasteiger partial charge in [0.2, 0.25) is 0 Å². The van der Waals surface area contributed by atoms with Crippen LogP contribution >= 0.6 is 0 Å². The number of benzene rings is 2. The SMILES string of the molecule is CCOC(=O)c1nnn(Cc2ccccc2)c1-c1ccc(C)cc1. The summed E-state index contributed by atoms with van der Waals surface area (Å²) in [4.78, 5) is 12.2. The fourth-order valence-corrected chi connectivity index (χ4v) is 2.51. The van der Waals surface area contributed by atoms with Gasteiger partial charge in [-0.2, -0.15) is 0 Å². The van der Waals surface area contributed by atoms with Crippen LogP contribution in [-0.4, -0.2) is 27.6 Å². The van der Waals surface area contributed by atoms with Gasteiger partial charge in [-0.1, -0.05) is 65.4 Å². The summed E-state index contributed by atoms with van der Waals surface area (Å²) >= 11 is 0. The molecule has 0 bridgehead atoms. The molecule has 0 spiro atoms. The number of aromatic nitrogens is 3. The highest BCUT2D eigenvalue weighted by atomic mass is 16.5. The van der Waals surface area contributed by atoms with Gasteiger partial charge < -0.3 is 4.74 Å². The summed E-state index contributed by atoms with van der Waals surface area (Å²) in [6, 6.07) is 17.9. The van der Waals surface area contributed by atoms with Crippen LogP contribution in [0, 0.1) is 6.92 Å². The van der Waals surface area contributed by atoms with Crippen LogP contribution in [0.1, 0.15) is 28.5 Å². The number of carbonyl (C=O) groups is 1. The van der Waals surface area contributed by atoms with Gasteiger partial charge in [0.15, 0.2) is 5.69 Å². The highest BCUT2D eigenvalue weighted by molar-refractivity contribution is 5.94. The molecule has 0 fully saturated rings. The Labute approximate surface area is 140 Å². The molecule has 0 aliphatic carbocycles. The molecule has 0 N–H and O–H groups in total. The quantitative estimate of drug-likeness (QED) is 0.675. The number of carbonyl (C=O) groups excluding carboxylic acids is 1. The topological polar surface area (TPSA) is 57.0 Å². The van der Waals surface area contributed by atoms with E-state index in [2.05, 4.69) is 10.3 Å². The molecule has 0 amide bonds. The van der Waals surface area contributed by atoms with E-state index < -0.39 is 5.97 Å². The molecule has 3 rings (SSSR count). The molecule has 2 aromatic carbocycles. The summed E-state index contributed by atoms with van der Waals surface area (Å²) in [5.41, 5.74) is 4.06. The van der Waals surface area contributed by atoms with Crippen molar-refractivity contribution in [1.82, 2.24) is 15.0 Å². The maximum absolute atomic E-state index is 12.2. The van der Waals surface area contributed by atoms with Crippen molar-refractivity contribution in [2.45, 2.75) is 20.4 Å². The van der Waals surface area contributed by atoms with E-state index in [9.17, 15) is 4.79 Å². The van der Waals surface area contributed by atoms with Gasteiger partial charge in [0.05, 0.1) is 13.2 Å². The standard InChI is InChI=1S/C19H19N3O2/c1-3-24-19(23)17-18(16-11-9-14(2)10-12-16)22(21-20-17)13-15-7-5-4-6-8-15/h4-12H,3,13H2,1-2H3.